The summed E-state index contributed by atoms with van der Waals surface area (Å²) in [6.07, 6.45) is -0.819. The molecule has 120 valence electrons. The van der Waals surface area contributed by atoms with Crippen LogP contribution in [0.4, 0.5) is 13.2 Å². The lowest BCUT2D eigenvalue weighted by Gasteiger charge is -2.09. The van der Waals surface area contributed by atoms with E-state index in [1.807, 2.05) is 30.5 Å². The molecule has 0 bridgehead atoms. The van der Waals surface area contributed by atoms with Gasteiger partial charge < -0.3 is 0 Å². The summed E-state index contributed by atoms with van der Waals surface area (Å²) >= 11 is 1.55. The Morgan fingerprint density at radius 1 is 1.22 bits per heavy atom. The van der Waals surface area contributed by atoms with Crippen LogP contribution in [0.1, 0.15) is 18.4 Å². The number of fused-ring (bicyclic) bond motifs is 1. The molecule has 0 spiro atoms. The van der Waals surface area contributed by atoms with E-state index in [1.165, 1.54) is 6.33 Å². The summed E-state index contributed by atoms with van der Waals surface area (Å²) in [5.74, 6) is -1.13. The summed E-state index contributed by atoms with van der Waals surface area (Å²) in [4.78, 5) is 12.5. The molecular weight excluding hydrogens is 325 g/mol. The SMILES string of the molecule is CCc1nc(C(F)(F)F)nc2c1ncn2-c1cccc(SC)c1. The number of nitrogens with zero attached hydrogens (tertiary/aromatic N) is 4. The molecule has 0 unspecified atom stereocenters. The molecule has 2 aromatic heterocycles. The number of benzene rings is 1. The van der Waals surface area contributed by atoms with E-state index in [0.717, 1.165) is 4.90 Å². The van der Waals surface area contributed by atoms with E-state index in [0.29, 0.717) is 23.3 Å². The zero-order valence-corrected chi connectivity index (χ0v) is 13.2. The molecule has 0 saturated carbocycles. The summed E-state index contributed by atoms with van der Waals surface area (Å²) < 4.78 is 40.7. The van der Waals surface area contributed by atoms with Crippen molar-refractivity contribution in [1.29, 1.82) is 0 Å². The van der Waals surface area contributed by atoms with E-state index in [-0.39, 0.29) is 5.65 Å². The van der Waals surface area contributed by atoms with Crippen LogP contribution in [0.15, 0.2) is 35.5 Å². The Labute approximate surface area is 134 Å². The van der Waals surface area contributed by atoms with Gasteiger partial charge in [0.05, 0.1) is 5.69 Å². The van der Waals surface area contributed by atoms with Crippen LogP contribution in [0.5, 0.6) is 0 Å². The van der Waals surface area contributed by atoms with Gasteiger partial charge in [0.15, 0.2) is 5.65 Å². The molecule has 0 atom stereocenters. The first-order chi connectivity index (χ1) is 10.9. The van der Waals surface area contributed by atoms with Crippen LogP contribution >= 0.6 is 11.8 Å². The second kappa shape index (κ2) is 5.84. The van der Waals surface area contributed by atoms with Crippen molar-refractivity contribution in [3.63, 3.8) is 0 Å². The van der Waals surface area contributed by atoms with Gasteiger partial charge in [0.2, 0.25) is 5.82 Å². The van der Waals surface area contributed by atoms with Gasteiger partial charge in [0, 0.05) is 10.6 Å². The highest BCUT2D eigenvalue weighted by atomic mass is 32.2. The maximum atomic E-state index is 13.0. The molecule has 4 nitrogen and oxygen atoms in total. The van der Waals surface area contributed by atoms with Crippen molar-refractivity contribution in [2.45, 2.75) is 24.4 Å². The molecule has 1 aromatic carbocycles. The lowest BCUT2D eigenvalue weighted by molar-refractivity contribution is -0.144. The Balaban J connectivity index is 2.26. The minimum atomic E-state index is -4.59. The van der Waals surface area contributed by atoms with E-state index in [2.05, 4.69) is 15.0 Å². The Morgan fingerprint density at radius 3 is 2.65 bits per heavy atom. The monoisotopic (exact) mass is 338 g/mol. The summed E-state index contributed by atoms with van der Waals surface area (Å²) in [6, 6.07) is 7.47. The molecule has 0 fully saturated rings. The minimum Gasteiger partial charge on any atom is -0.283 e. The quantitative estimate of drug-likeness (QED) is 0.674. The Kier molecular flexibility index (Phi) is 4.01. The molecule has 0 aliphatic heterocycles. The molecule has 2 heterocycles. The number of imidazole rings is 1. The molecule has 3 aromatic rings. The third kappa shape index (κ3) is 2.90. The fraction of sp³-hybridized carbons (Fsp3) is 0.267. The van der Waals surface area contributed by atoms with Gasteiger partial charge in [-0.1, -0.05) is 13.0 Å². The van der Waals surface area contributed by atoms with Gasteiger partial charge in [-0.3, -0.25) is 4.57 Å². The lowest BCUT2D eigenvalue weighted by atomic mass is 10.2. The van der Waals surface area contributed by atoms with Gasteiger partial charge in [-0.25, -0.2) is 15.0 Å². The third-order valence-electron chi connectivity index (χ3n) is 3.39. The fourth-order valence-electron chi connectivity index (χ4n) is 2.28. The Bertz CT molecular complexity index is 858. The summed E-state index contributed by atoms with van der Waals surface area (Å²) in [7, 11) is 0. The van der Waals surface area contributed by atoms with Gasteiger partial charge in [-0.05, 0) is 30.9 Å². The first kappa shape index (κ1) is 15.8. The van der Waals surface area contributed by atoms with Crippen LogP contribution < -0.4 is 0 Å². The first-order valence-corrected chi connectivity index (χ1v) is 8.12. The van der Waals surface area contributed by atoms with Crippen molar-refractivity contribution >= 4 is 22.9 Å². The maximum absolute atomic E-state index is 13.0. The summed E-state index contributed by atoms with van der Waals surface area (Å²) in [5, 5.41) is 0. The van der Waals surface area contributed by atoms with Crippen molar-refractivity contribution in [3.8, 4) is 5.69 Å². The summed E-state index contributed by atoms with van der Waals surface area (Å²) in [5.41, 5.74) is 1.58. The zero-order valence-electron chi connectivity index (χ0n) is 12.4. The second-order valence-corrected chi connectivity index (χ2v) is 5.71. The molecule has 0 aliphatic rings. The van der Waals surface area contributed by atoms with E-state index in [9.17, 15) is 13.2 Å². The van der Waals surface area contributed by atoms with Crippen molar-refractivity contribution in [2.75, 3.05) is 6.26 Å². The van der Waals surface area contributed by atoms with Crippen LogP contribution in [-0.2, 0) is 12.6 Å². The topological polar surface area (TPSA) is 43.6 Å². The number of rotatable bonds is 3. The number of halogens is 3. The number of hydrogen-bond donors (Lipinski definition) is 0. The fourth-order valence-corrected chi connectivity index (χ4v) is 2.73. The second-order valence-electron chi connectivity index (χ2n) is 4.83. The number of aromatic nitrogens is 4. The number of aryl methyl sites for hydroxylation is 1. The Morgan fingerprint density at radius 2 is 2.00 bits per heavy atom. The molecule has 0 amide bonds. The predicted octanol–water partition coefficient (Wildman–Crippen LogP) is 4.12. The van der Waals surface area contributed by atoms with Crippen molar-refractivity contribution in [2.24, 2.45) is 0 Å². The number of alkyl halides is 3. The molecule has 0 aliphatic carbocycles. The highest BCUT2D eigenvalue weighted by Gasteiger charge is 2.36. The van der Waals surface area contributed by atoms with Crippen LogP contribution in [0.25, 0.3) is 16.9 Å². The Hall–Kier alpha value is -2.09. The zero-order chi connectivity index (χ0) is 16.6. The lowest BCUT2D eigenvalue weighted by Crippen LogP contribution is -2.13. The average molecular weight is 338 g/mol. The van der Waals surface area contributed by atoms with Crippen molar-refractivity contribution in [1.82, 2.24) is 19.5 Å². The van der Waals surface area contributed by atoms with Crippen molar-refractivity contribution in [3.05, 3.63) is 42.1 Å². The molecule has 0 N–H and O–H groups in total. The molecule has 0 saturated heterocycles. The summed E-state index contributed by atoms with van der Waals surface area (Å²) in [6.45, 7) is 1.75. The highest BCUT2D eigenvalue weighted by Crippen LogP contribution is 2.29. The van der Waals surface area contributed by atoms with Crippen LogP contribution in [0.2, 0.25) is 0 Å². The van der Waals surface area contributed by atoms with Gasteiger partial charge in [0.25, 0.3) is 0 Å². The largest absolute Gasteiger partial charge is 0.451 e. The van der Waals surface area contributed by atoms with Gasteiger partial charge in [-0.2, -0.15) is 13.2 Å². The molecule has 3 rings (SSSR count). The number of thioether (sulfide) groups is 1. The van der Waals surface area contributed by atoms with E-state index >= 15 is 0 Å². The smallest absolute Gasteiger partial charge is 0.283 e. The van der Waals surface area contributed by atoms with Crippen molar-refractivity contribution < 1.29 is 13.2 Å². The van der Waals surface area contributed by atoms with Gasteiger partial charge in [0.1, 0.15) is 11.8 Å². The van der Waals surface area contributed by atoms with Gasteiger partial charge >= 0.3 is 6.18 Å². The minimum absolute atomic E-state index is 0.169. The number of hydrogen-bond acceptors (Lipinski definition) is 4. The molecule has 8 heteroatoms. The van der Waals surface area contributed by atoms with Crippen LogP contribution in [0.3, 0.4) is 0 Å². The molecule has 0 radical (unpaired) electrons. The normalized spacial score (nSPS) is 12.0. The van der Waals surface area contributed by atoms with E-state index in [1.54, 1.807) is 23.3 Å². The first-order valence-electron chi connectivity index (χ1n) is 6.89. The van der Waals surface area contributed by atoms with E-state index < -0.39 is 12.0 Å². The third-order valence-corrected chi connectivity index (χ3v) is 4.11. The molecular formula is C15H13F3N4S. The standard InChI is InChI=1S/C15H13F3N4S/c1-3-11-12-13(21-14(20-11)15(16,17)18)22(8-19-12)9-5-4-6-10(7-9)23-2/h4-8H,3H2,1-2H3. The van der Waals surface area contributed by atoms with Gasteiger partial charge in [-0.15, -0.1) is 11.8 Å². The average Bonchev–Trinajstić information content (AvgIpc) is 2.97. The predicted molar refractivity (Wildman–Crippen MR) is 82.8 cm³/mol. The maximum Gasteiger partial charge on any atom is 0.451 e. The molecule has 23 heavy (non-hydrogen) atoms. The van der Waals surface area contributed by atoms with E-state index in [4.69, 9.17) is 0 Å². The highest BCUT2D eigenvalue weighted by molar-refractivity contribution is 7.98. The van der Waals surface area contributed by atoms with Crippen LogP contribution in [-0.4, -0.2) is 25.8 Å². The van der Waals surface area contributed by atoms with Crippen LogP contribution in [0, 0.1) is 0 Å².